The molecule has 0 heterocycles. The number of nitrogens with one attached hydrogen (secondary N) is 1. The van der Waals surface area contributed by atoms with Crippen LogP contribution in [0.4, 0.5) is 5.69 Å². The smallest absolute Gasteiger partial charge is 0.337 e. The van der Waals surface area contributed by atoms with Gasteiger partial charge in [-0.3, -0.25) is 4.79 Å². The number of carbonyl (C=O) groups excluding carboxylic acids is 2. The van der Waals surface area contributed by atoms with Crippen molar-refractivity contribution in [3.8, 4) is 0 Å². The van der Waals surface area contributed by atoms with Crippen LogP contribution in [0.5, 0.6) is 0 Å². The van der Waals surface area contributed by atoms with Gasteiger partial charge in [-0.2, -0.15) is 0 Å². The summed E-state index contributed by atoms with van der Waals surface area (Å²) in [4.78, 5) is 23.9. The molecule has 0 spiro atoms. The first-order valence-electron chi connectivity index (χ1n) is 6.81. The van der Waals surface area contributed by atoms with Crippen molar-refractivity contribution in [2.75, 3.05) is 19.0 Å². The van der Waals surface area contributed by atoms with Gasteiger partial charge in [0.15, 0.2) is 0 Å². The van der Waals surface area contributed by atoms with Crippen LogP contribution in [0.2, 0.25) is 0 Å². The molecule has 1 fully saturated rings. The average molecular weight is 276 g/mol. The fourth-order valence-corrected chi connectivity index (χ4v) is 2.68. The molecule has 0 radical (unpaired) electrons. The Bertz CT molecular complexity index is 508. The summed E-state index contributed by atoms with van der Waals surface area (Å²) < 4.78 is 4.67. The number of nitrogens with two attached hydrogens (primary N) is 1. The predicted octanol–water partition coefficient (Wildman–Crippen LogP) is 1.93. The minimum absolute atomic E-state index is 0.0560. The highest BCUT2D eigenvalue weighted by atomic mass is 16.5. The molecule has 0 aromatic heterocycles. The summed E-state index contributed by atoms with van der Waals surface area (Å²) in [5.74, 6) is -0.477. The van der Waals surface area contributed by atoms with Gasteiger partial charge < -0.3 is 15.8 Å². The molecule has 3 N–H and O–H groups in total. The molecule has 1 aliphatic rings. The second kappa shape index (κ2) is 6.05. The lowest BCUT2D eigenvalue weighted by Crippen LogP contribution is -2.40. The van der Waals surface area contributed by atoms with Gasteiger partial charge in [0.1, 0.15) is 0 Å². The van der Waals surface area contributed by atoms with Crippen molar-refractivity contribution in [1.82, 2.24) is 0 Å². The fourth-order valence-electron chi connectivity index (χ4n) is 2.68. The normalized spacial score (nSPS) is 16.7. The topological polar surface area (TPSA) is 81.4 Å². The molecule has 0 unspecified atom stereocenters. The number of carbonyl (C=O) groups is 2. The maximum Gasteiger partial charge on any atom is 0.337 e. The molecule has 1 amide bonds. The van der Waals surface area contributed by atoms with E-state index in [1.54, 1.807) is 24.3 Å². The molecule has 5 nitrogen and oxygen atoms in total. The van der Waals surface area contributed by atoms with Crippen molar-refractivity contribution >= 4 is 17.6 Å². The van der Waals surface area contributed by atoms with Crippen LogP contribution in [-0.4, -0.2) is 25.5 Å². The Balaban J connectivity index is 2.13. The molecular formula is C15H20N2O3. The number of ether oxygens (including phenoxy) is 1. The summed E-state index contributed by atoms with van der Waals surface area (Å²) in [6, 6.07) is 6.73. The summed E-state index contributed by atoms with van der Waals surface area (Å²) in [6.45, 7) is 0.357. The number of amides is 1. The highest BCUT2D eigenvalue weighted by Gasteiger charge is 2.39. The predicted molar refractivity (Wildman–Crippen MR) is 76.4 cm³/mol. The first-order chi connectivity index (χ1) is 9.61. The lowest BCUT2D eigenvalue weighted by molar-refractivity contribution is -0.124. The lowest BCUT2D eigenvalue weighted by Gasteiger charge is -2.25. The number of esters is 1. The Morgan fingerprint density at radius 1 is 1.35 bits per heavy atom. The van der Waals surface area contributed by atoms with Crippen molar-refractivity contribution in [3.05, 3.63) is 29.8 Å². The highest BCUT2D eigenvalue weighted by molar-refractivity contribution is 5.97. The van der Waals surface area contributed by atoms with E-state index in [2.05, 4.69) is 10.1 Å². The minimum Gasteiger partial charge on any atom is -0.465 e. The lowest BCUT2D eigenvalue weighted by atomic mass is 9.85. The van der Waals surface area contributed by atoms with Gasteiger partial charge in [0.05, 0.1) is 18.1 Å². The number of benzene rings is 1. The van der Waals surface area contributed by atoms with E-state index < -0.39 is 11.4 Å². The van der Waals surface area contributed by atoms with E-state index in [0.717, 1.165) is 25.7 Å². The van der Waals surface area contributed by atoms with Crippen LogP contribution in [0, 0.1) is 5.41 Å². The van der Waals surface area contributed by atoms with Gasteiger partial charge in [-0.15, -0.1) is 0 Å². The van der Waals surface area contributed by atoms with E-state index in [-0.39, 0.29) is 5.91 Å². The molecule has 5 heteroatoms. The van der Waals surface area contributed by atoms with Gasteiger partial charge in [0.25, 0.3) is 0 Å². The number of hydrogen-bond donors (Lipinski definition) is 2. The molecule has 0 saturated heterocycles. The molecule has 0 bridgehead atoms. The SMILES string of the molecule is COC(=O)c1cccc(NC(=O)C2(CN)CCCC2)c1. The number of rotatable bonds is 4. The van der Waals surface area contributed by atoms with E-state index in [4.69, 9.17) is 5.73 Å². The van der Waals surface area contributed by atoms with E-state index >= 15 is 0 Å². The van der Waals surface area contributed by atoms with Crippen LogP contribution < -0.4 is 11.1 Å². The maximum absolute atomic E-state index is 12.4. The third kappa shape index (κ3) is 2.82. The molecular weight excluding hydrogens is 256 g/mol. The number of hydrogen-bond acceptors (Lipinski definition) is 4. The summed E-state index contributed by atoms with van der Waals surface area (Å²) in [7, 11) is 1.33. The maximum atomic E-state index is 12.4. The van der Waals surface area contributed by atoms with Crippen LogP contribution in [0.15, 0.2) is 24.3 Å². The molecule has 1 aromatic rings. The van der Waals surface area contributed by atoms with Crippen molar-refractivity contribution < 1.29 is 14.3 Å². The van der Waals surface area contributed by atoms with Gasteiger partial charge in [-0.05, 0) is 31.0 Å². The summed E-state index contributed by atoms with van der Waals surface area (Å²) in [5.41, 5.74) is 6.34. The highest BCUT2D eigenvalue weighted by Crippen LogP contribution is 2.38. The Morgan fingerprint density at radius 3 is 2.65 bits per heavy atom. The van der Waals surface area contributed by atoms with Gasteiger partial charge >= 0.3 is 5.97 Å². The Kier molecular flexibility index (Phi) is 4.39. The third-order valence-corrected chi connectivity index (χ3v) is 3.97. The van der Waals surface area contributed by atoms with Crippen molar-refractivity contribution in [2.45, 2.75) is 25.7 Å². The van der Waals surface area contributed by atoms with Crippen molar-refractivity contribution in [3.63, 3.8) is 0 Å². The zero-order valence-electron chi connectivity index (χ0n) is 11.6. The second-order valence-corrected chi connectivity index (χ2v) is 5.22. The number of methoxy groups -OCH3 is 1. The summed E-state index contributed by atoms with van der Waals surface area (Å²) in [6.07, 6.45) is 3.72. The van der Waals surface area contributed by atoms with Crippen molar-refractivity contribution in [1.29, 1.82) is 0 Å². The average Bonchev–Trinajstić information content (AvgIpc) is 2.97. The Labute approximate surface area is 118 Å². The second-order valence-electron chi connectivity index (χ2n) is 5.22. The molecule has 1 aliphatic carbocycles. The molecule has 20 heavy (non-hydrogen) atoms. The standard InChI is InChI=1S/C15H20N2O3/c1-20-13(18)11-5-4-6-12(9-11)17-14(19)15(10-16)7-2-3-8-15/h4-6,9H,2-3,7-8,10,16H2,1H3,(H,17,19). The quantitative estimate of drug-likeness (QED) is 0.823. The first-order valence-corrected chi connectivity index (χ1v) is 6.81. The largest absolute Gasteiger partial charge is 0.465 e. The van der Waals surface area contributed by atoms with Gasteiger partial charge in [-0.25, -0.2) is 4.79 Å². The van der Waals surface area contributed by atoms with E-state index in [9.17, 15) is 9.59 Å². The van der Waals surface area contributed by atoms with Gasteiger partial charge in [-0.1, -0.05) is 18.9 Å². The number of anilines is 1. The van der Waals surface area contributed by atoms with Crippen molar-refractivity contribution in [2.24, 2.45) is 11.1 Å². The summed E-state index contributed by atoms with van der Waals surface area (Å²) >= 11 is 0. The van der Waals surface area contributed by atoms with Gasteiger partial charge in [0, 0.05) is 12.2 Å². The first kappa shape index (κ1) is 14.5. The molecule has 1 saturated carbocycles. The molecule has 2 rings (SSSR count). The van der Waals surface area contributed by atoms with E-state index in [1.165, 1.54) is 7.11 Å². The van der Waals surface area contributed by atoms with E-state index in [1.807, 2.05) is 0 Å². The Morgan fingerprint density at radius 2 is 2.05 bits per heavy atom. The summed E-state index contributed by atoms with van der Waals surface area (Å²) in [5, 5.41) is 2.87. The monoisotopic (exact) mass is 276 g/mol. The van der Waals surface area contributed by atoms with Crippen LogP contribution in [-0.2, 0) is 9.53 Å². The fraction of sp³-hybridized carbons (Fsp3) is 0.467. The molecule has 1 aromatic carbocycles. The minimum atomic E-state index is -0.457. The molecule has 0 aliphatic heterocycles. The Hall–Kier alpha value is -1.88. The van der Waals surface area contributed by atoms with Crippen LogP contribution in [0.1, 0.15) is 36.0 Å². The molecule has 0 atom stereocenters. The van der Waals surface area contributed by atoms with Crippen LogP contribution in [0.25, 0.3) is 0 Å². The zero-order chi connectivity index (χ0) is 14.6. The zero-order valence-corrected chi connectivity index (χ0v) is 11.6. The van der Waals surface area contributed by atoms with Crippen LogP contribution >= 0.6 is 0 Å². The van der Waals surface area contributed by atoms with Crippen LogP contribution in [0.3, 0.4) is 0 Å². The van der Waals surface area contributed by atoms with E-state index in [0.29, 0.717) is 17.8 Å². The third-order valence-electron chi connectivity index (χ3n) is 3.97. The van der Waals surface area contributed by atoms with Gasteiger partial charge in [0.2, 0.25) is 5.91 Å². The molecule has 108 valence electrons.